The summed E-state index contributed by atoms with van der Waals surface area (Å²) in [7, 11) is 1.63. The molecule has 6 nitrogen and oxygen atoms in total. The molecule has 5 N–H and O–H groups in total. The second kappa shape index (κ2) is 8.61. The van der Waals surface area contributed by atoms with Crippen LogP contribution in [0.5, 0.6) is 5.75 Å². The van der Waals surface area contributed by atoms with Crippen LogP contribution in [0.2, 0.25) is 0 Å². The third-order valence-corrected chi connectivity index (χ3v) is 5.88. The topological polar surface area (TPSA) is 105 Å². The lowest BCUT2D eigenvalue weighted by molar-refractivity contribution is -0.126. The smallest absolute Gasteiger partial charge is 0.238 e. The van der Waals surface area contributed by atoms with Crippen molar-refractivity contribution in [3.8, 4) is 5.75 Å². The first-order chi connectivity index (χ1) is 14.5. The van der Waals surface area contributed by atoms with E-state index in [-0.39, 0.29) is 5.91 Å². The van der Waals surface area contributed by atoms with Crippen LogP contribution in [0.15, 0.2) is 42.5 Å². The van der Waals surface area contributed by atoms with E-state index in [1.807, 2.05) is 49.1 Å². The number of benzene rings is 2. The summed E-state index contributed by atoms with van der Waals surface area (Å²) in [4.78, 5) is 15.2. The molecule has 1 fully saturated rings. The predicted octanol–water partition coefficient (Wildman–Crippen LogP) is 4.22. The van der Waals surface area contributed by atoms with Crippen molar-refractivity contribution in [2.75, 3.05) is 17.7 Å². The molecule has 0 bridgehead atoms. The van der Waals surface area contributed by atoms with Crippen LogP contribution < -0.4 is 21.1 Å². The molecule has 1 amide bonds. The number of methoxy groups -OCH3 is 1. The van der Waals surface area contributed by atoms with Gasteiger partial charge in [0, 0.05) is 11.9 Å². The Kier molecular flexibility index (Phi) is 6.15. The van der Waals surface area contributed by atoms with E-state index in [2.05, 4.69) is 0 Å². The Bertz CT molecular complexity index is 975. The van der Waals surface area contributed by atoms with Gasteiger partial charge in [0.2, 0.25) is 5.91 Å². The van der Waals surface area contributed by atoms with E-state index in [0.717, 1.165) is 53.6 Å². The van der Waals surface area contributed by atoms with Crippen molar-refractivity contribution < 1.29 is 9.53 Å². The third-order valence-electron chi connectivity index (χ3n) is 5.88. The SMILES string of the molecule is CC.COc1ccc(CN2C(=O)C3(CCC3)c3cc(/C(N)=C/C=N)cc(N)c32)cc1. The molecule has 0 unspecified atom stereocenters. The minimum absolute atomic E-state index is 0.114. The summed E-state index contributed by atoms with van der Waals surface area (Å²) >= 11 is 0. The van der Waals surface area contributed by atoms with Gasteiger partial charge in [0.15, 0.2) is 0 Å². The second-order valence-corrected chi connectivity index (χ2v) is 7.43. The quantitative estimate of drug-likeness (QED) is 0.510. The van der Waals surface area contributed by atoms with E-state index in [0.29, 0.717) is 17.9 Å². The summed E-state index contributed by atoms with van der Waals surface area (Å²) in [5.74, 6) is 0.896. The fourth-order valence-corrected chi connectivity index (χ4v) is 4.23. The number of nitrogens with two attached hydrogens (primary N) is 2. The number of nitrogens with one attached hydrogen (secondary N) is 1. The van der Waals surface area contributed by atoms with Crippen molar-refractivity contribution in [1.29, 1.82) is 5.41 Å². The maximum Gasteiger partial charge on any atom is 0.238 e. The van der Waals surface area contributed by atoms with Crippen LogP contribution in [0, 0.1) is 5.41 Å². The number of ether oxygens (including phenoxy) is 1. The molecule has 1 heterocycles. The van der Waals surface area contributed by atoms with Gasteiger partial charge in [0.05, 0.1) is 30.4 Å². The van der Waals surface area contributed by atoms with Gasteiger partial charge in [0.1, 0.15) is 5.75 Å². The Labute approximate surface area is 178 Å². The molecule has 2 aromatic rings. The first-order valence-electron chi connectivity index (χ1n) is 10.4. The number of allylic oxidation sites excluding steroid dienone is 1. The van der Waals surface area contributed by atoms with Gasteiger partial charge in [-0.1, -0.05) is 32.4 Å². The highest BCUT2D eigenvalue weighted by Crippen LogP contribution is 2.56. The molecule has 4 rings (SSSR count). The van der Waals surface area contributed by atoms with E-state index < -0.39 is 5.41 Å². The van der Waals surface area contributed by atoms with Crippen LogP contribution in [0.1, 0.15) is 49.8 Å². The van der Waals surface area contributed by atoms with Gasteiger partial charge in [-0.05, 0) is 59.9 Å². The Morgan fingerprint density at radius 3 is 2.43 bits per heavy atom. The van der Waals surface area contributed by atoms with E-state index in [4.69, 9.17) is 21.6 Å². The first kappa shape index (κ1) is 21.4. The lowest BCUT2D eigenvalue weighted by Crippen LogP contribution is -2.44. The van der Waals surface area contributed by atoms with Crippen LogP contribution >= 0.6 is 0 Å². The molecule has 30 heavy (non-hydrogen) atoms. The number of hydrogen-bond donors (Lipinski definition) is 3. The van der Waals surface area contributed by atoms with Crippen LogP contribution in [0.25, 0.3) is 5.70 Å². The molecule has 158 valence electrons. The number of amides is 1. The van der Waals surface area contributed by atoms with E-state index in [1.165, 1.54) is 6.08 Å². The zero-order chi connectivity index (χ0) is 21.9. The second-order valence-electron chi connectivity index (χ2n) is 7.43. The minimum atomic E-state index is -0.489. The highest BCUT2D eigenvalue weighted by Gasteiger charge is 2.55. The Morgan fingerprint density at radius 1 is 1.23 bits per heavy atom. The van der Waals surface area contributed by atoms with Gasteiger partial charge in [-0.3, -0.25) is 4.79 Å². The standard InChI is InChI=1S/C22H24N4O2.C2H6/c1-28-16-5-3-14(4-6-16)13-26-20-17(22(21(26)27)8-2-9-22)11-15(12-19(20)25)18(24)7-10-23;1-2/h3-7,10-12,23H,2,8-9,13,24-25H2,1H3;1-2H3/b18-7-,23-10?;. The largest absolute Gasteiger partial charge is 0.497 e. The number of carbonyl (C=O) groups excluding carboxylic acids is 1. The van der Waals surface area contributed by atoms with Crippen molar-refractivity contribution in [3.05, 3.63) is 59.2 Å². The number of nitrogen functional groups attached to an aromatic ring is 1. The average molecular weight is 407 g/mol. The lowest BCUT2D eigenvalue weighted by atomic mass is 9.65. The highest BCUT2D eigenvalue weighted by atomic mass is 16.5. The number of rotatable bonds is 5. The molecule has 0 atom stereocenters. The molecule has 2 aliphatic rings. The minimum Gasteiger partial charge on any atom is -0.497 e. The summed E-state index contributed by atoms with van der Waals surface area (Å²) < 4.78 is 5.22. The Morgan fingerprint density at radius 2 is 1.90 bits per heavy atom. The molecule has 0 saturated heterocycles. The molecular weight excluding hydrogens is 376 g/mol. The van der Waals surface area contributed by atoms with Crippen molar-refractivity contribution in [2.45, 2.75) is 45.1 Å². The van der Waals surface area contributed by atoms with Crippen molar-refractivity contribution >= 4 is 29.2 Å². The average Bonchev–Trinajstić information content (AvgIpc) is 2.98. The van der Waals surface area contributed by atoms with Crippen LogP contribution in [-0.2, 0) is 16.8 Å². The predicted molar refractivity (Wildman–Crippen MR) is 123 cm³/mol. The van der Waals surface area contributed by atoms with Crippen LogP contribution in [-0.4, -0.2) is 19.2 Å². The number of fused-ring (bicyclic) bond motifs is 2. The summed E-state index contributed by atoms with van der Waals surface area (Å²) in [5, 5.41) is 7.25. The molecule has 0 radical (unpaired) electrons. The van der Waals surface area contributed by atoms with Gasteiger partial charge in [-0.2, -0.15) is 0 Å². The van der Waals surface area contributed by atoms with Gasteiger partial charge in [-0.15, -0.1) is 0 Å². The molecule has 2 aromatic carbocycles. The number of carbonyl (C=O) groups is 1. The normalized spacial score (nSPS) is 16.4. The third kappa shape index (κ3) is 3.43. The van der Waals surface area contributed by atoms with Crippen molar-refractivity contribution in [3.63, 3.8) is 0 Å². The molecular formula is C24H30N4O2. The first-order valence-corrected chi connectivity index (χ1v) is 10.4. The van der Waals surface area contributed by atoms with Crippen molar-refractivity contribution in [1.82, 2.24) is 0 Å². The zero-order valence-electron chi connectivity index (χ0n) is 17.9. The van der Waals surface area contributed by atoms with E-state index >= 15 is 0 Å². The zero-order valence-corrected chi connectivity index (χ0v) is 17.9. The van der Waals surface area contributed by atoms with Crippen molar-refractivity contribution in [2.24, 2.45) is 5.73 Å². The molecule has 1 aliphatic heterocycles. The Hall–Kier alpha value is -3.28. The van der Waals surface area contributed by atoms with Crippen LogP contribution in [0.4, 0.5) is 11.4 Å². The fourth-order valence-electron chi connectivity index (χ4n) is 4.23. The lowest BCUT2D eigenvalue weighted by Gasteiger charge is -2.37. The molecule has 6 heteroatoms. The monoisotopic (exact) mass is 406 g/mol. The molecule has 0 aromatic heterocycles. The van der Waals surface area contributed by atoms with E-state index in [9.17, 15) is 4.79 Å². The van der Waals surface area contributed by atoms with Gasteiger partial charge in [-0.25, -0.2) is 0 Å². The summed E-state index contributed by atoms with van der Waals surface area (Å²) in [5.41, 5.74) is 16.5. The summed E-state index contributed by atoms with van der Waals surface area (Å²) in [6.07, 6.45) is 5.36. The summed E-state index contributed by atoms with van der Waals surface area (Å²) in [6, 6.07) is 11.5. The van der Waals surface area contributed by atoms with Gasteiger partial charge < -0.3 is 26.5 Å². The van der Waals surface area contributed by atoms with Gasteiger partial charge >= 0.3 is 0 Å². The van der Waals surface area contributed by atoms with Crippen LogP contribution in [0.3, 0.4) is 0 Å². The molecule has 1 saturated carbocycles. The summed E-state index contributed by atoms with van der Waals surface area (Å²) in [6.45, 7) is 4.47. The maximum absolute atomic E-state index is 13.4. The van der Waals surface area contributed by atoms with Gasteiger partial charge in [0.25, 0.3) is 0 Å². The fraction of sp³-hybridized carbons (Fsp3) is 0.333. The molecule has 1 aliphatic carbocycles. The number of nitrogens with zero attached hydrogens (tertiary/aromatic N) is 1. The number of anilines is 2. The maximum atomic E-state index is 13.4. The number of hydrogen-bond acceptors (Lipinski definition) is 5. The Balaban J connectivity index is 0.00000124. The highest BCUT2D eigenvalue weighted by molar-refractivity contribution is 6.11. The van der Waals surface area contributed by atoms with E-state index in [1.54, 1.807) is 13.2 Å². The molecule has 1 spiro atoms.